The molecule has 2 aliphatic rings. The van der Waals surface area contributed by atoms with E-state index in [0.29, 0.717) is 5.01 Å². The zero-order chi connectivity index (χ0) is 7.68. The lowest BCUT2D eigenvalue weighted by Crippen LogP contribution is -2.04. The number of nitrogens with zero attached hydrogens (tertiary/aromatic N) is 2. The molecular formula is C7H4N2OS. The fourth-order valence-corrected chi connectivity index (χ4v) is 1.44. The van der Waals surface area contributed by atoms with Gasteiger partial charge in [-0.25, -0.2) is 0 Å². The molecule has 2 heterocycles. The minimum Gasteiger partial charge on any atom is -0.267 e. The van der Waals surface area contributed by atoms with Crippen molar-refractivity contribution in [1.29, 1.82) is 0 Å². The van der Waals surface area contributed by atoms with Crippen molar-refractivity contribution >= 4 is 11.3 Å². The first-order valence-corrected chi connectivity index (χ1v) is 3.95. The van der Waals surface area contributed by atoms with Gasteiger partial charge in [0.2, 0.25) is 0 Å². The lowest BCUT2D eigenvalue weighted by Gasteiger charge is -1.96. The van der Waals surface area contributed by atoms with Crippen LogP contribution < -0.4 is 5.56 Å². The molecule has 2 rings (SSSR count). The van der Waals surface area contributed by atoms with Crippen LogP contribution in [0.5, 0.6) is 0 Å². The highest BCUT2D eigenvalue weighted by atomic mass is 32.1. The van der Waals surface area contributed by atoms with E-state index in [1.807, 2.05) is 0 Å². The molecule has 0 unspecified atom stereocenters. The summed E-state index contributed by atoms with van der Waals surface area (Å²) in [5.74, 6) is 0. The Kier molecular flexibility index (Phi) is 1.40. The molecule has 0 amide bonds. The summed E-state index contributed by atoms with van der Waals surface area (Å²) >= 11 is 1.42. The Balaban J connectivity index is 2.84. The van der Waals surface area contributed by atoms with Crippen molar-refractivity contribution in [3.8, 4) is 10.7 Å². The monoisotopic (exact) mass is 164 g/mol. The predicted molar refractivity (Wildman–Crippen MR) is 42.8 cm³/mol. The Hall–Kier alpha value is -1.29. The van der Waals surface area contributed by atoms with Crippen molar-refractivity contribution in [2.24, 2.45) is 0 Å². The zero-order valence-electron chi connectivity index (χ0n) is 5.52. The maximum absolute atomic E-state index is 10.8. The third-order valence-corrected chi connectivity index (χ3v) is 2.05. The van der Waals surface area contributed by atoms with Crippen molar-refractivity contribution in [2.45, 2.75) is 0 Å². The molecule has 0 saturated carbocycles. The normalized spacial score (nSPS) is 10.2. The maximum atomic E-state index is 10.8. The van der Waals surface area contributed by atoms with Gasteiger partial charge in [-0.1, -0.05) is 0 Å². The molecule has 0 saturated heterocycles. The average Bonchev–Trinajstić information content (AvgIpc) is 2.04. The van der Waals surface area contributed by atoms with Gasteiger partial charge in [0.25, 0.3) is 5.56 Å². The van der Waals surface area contributed by atoms with Crippen LogP contribution in [0.25, 0.3) is 10.7 Å². The molecule has 54 valence electrons. The van der Waals surface area contributed by atoms with Crippen molar-refractivity contribution in [1.82, 2.24) is 9.97 Å². The van der Waals surface area contributed by atoms with Crippen LogP contribution in [0.2, 0.25) is 0 Å². The summed E-state index contributed by atoms with van der Waals surface area (Å²) in [6.45, 7) is 0. The molecule has 0 bridgehead atoms. The number of hydrogen-bond donors (Lipinski definition) is 0. The predicted octanol–water partition coefficient (Wildman–Crippen LogP) is 1.00. The quantitative estimate of drug-likeness (QED) is 0.583. The minimum atomic E-state index is -0.207. The molecule has 0 N–H and O–H groups in total. The molecule has 3 nitrogen and oxygen atoms in total. The Morgan fingerprint density at radius 1 is 1.36 bits per heavy atom. The molecule has 0 aromatic rings. The van der Waals surface area contributed by atoms with Crippen molar-refractivity contribution in [3.05, 3.63) is 34.1 Å². The van der Waals surface area contributed by atoms with E-state index in [9.17, 15) is 4.79 Å². The molecule has 0 aromatic carbocycles. The Labute approximate surface area is 66.7 Å². The largest absolute Gasteiger partial charge is 0.271 e. The first-order valence-electron chi connectivity index (χ1n) is 3.07. The van der Waals surface area contributed by atoms with Gasteiger partial charge in [-0.3, -0.25) is 9.78 Å². The fourth-order valence-electron chi connectivity index (χ4n) is 0.807. The van der Waals surface area contributed by atoms with Crippen molar-refractivity contribution < 1.29 is 0 Å². The second-order valence-corrected chi connectivity index (χ2v) is 2.90. The lowest BCUT2D eigenvalue weighted by molar-refractivity contribution is 1.22. The standard InChI is InChI=1S/C7H4N2OS/c10-6-2-1-5-7(9-6)11-4-3-8-5/h1-4H. The van der Waals surface area contributed by atoms with Crippen LogP contribution in [0.15, 0.2) is 28.5 Å². The average molecular weight is 164 g/mol. The van der Waals surface area contributed by atoms with E-state index < -0.39 is 0 Å². The van der Waals surface area contributed by atoms with Crippen LogP contribution in [0, 0.1) is 0 Å². The molecule has 0 aliphatic carbocycles. The van der Waals surface area contributed by atoms with E-state index in [1.54, 1.807) is 17.6 Å². The highest BCUT2D eigenvalue weighted by Crippen LogP contribution is 2.16. The smallest absolute Gasteiger partial charge is 0.267 e. The number of rotatable bonds is 0. The number of fused-ring (bicyclic) bond motifs is 1. The van der Waals surface area contributed by atoms with Gasteiger partial charge < -0.3 is 0 Å². The van der Waals surface area contributed by atoms with Crippen molar-refractivity contribution in [3.63, 3.8) is 0 Å². The topological polar surface area (TPSA) is 42.9 Å². The molecule has 0 spiro atoms. The van der Waals surface area contributed by atoms with E-state index in [4.69, 9.17) is 0 Å². The van der Waals surface area contributed by atoms with Crippen LogP contribution in [-0.4, -0.2) is 9.97 Å². The van der Waals surface area contributed by atoms with Gasteiger partial charge >= 0.3 is 0 Å². The number of aromatic nitrogens is 2. The number of hydrogen-bond acceptors (Lipinski definition) is 4. The number of pyridine rings is 1. The zero-order valence-corrected chi connectivity index (χ0v) is 6.34. The first kappa shape index (κ1) is 6.42. The van der Waals surface area contributed by atoms with Crippen molar-refractivity contribution in [2.75, 3.05) is 0 Å². The molecule has 0 radical (unpaired) electrons. The summed E-state index contributed by atoms with van der Waals surface area (Å²) in [4.78, 5) is 18.6. The van der Waals surface area contributed by atoms with E-state index in [-0.39, 0.29) is 5.56 Å². The van der Waals surface area contributed by atoms with Crippen LogP contribution in [-0.2, 0) is 0 Å². The summed E-state index contributed by atoms with van der Waals surface area (Å²) in [5, 5.41) is 2.49. The summed E-state index contributed by atoms with van der Waals surface area (Å²) in [6, 6.07) is 3.10. The minimum absolute atomic E-state index is 0.207. The highest BCUT2D eigenvalue weighted by Gasteiger charge is 2.02. The third-order valence-electron chi connectivity index (χ3n) is 1.27. The first-order chi connectivity index (χ1) is 5.36. The summed E-state index contributed by atoms with van der Waals surface area (Å²) in [7, 11) is 0. The van der Waals surface area contributed by atoms with E-state index in [1.165, 1.54) is 17.4 Å². The van der Waals surface area contributed by atoms with E-state index in [2.05, 4.69) is 9.97 Å². The molecule has 11 heavy (non-hydrogen) atoms. The molecule has 0 aromatic heterocycles. The van der Waals surface area contributed by atoms with Crippen LogP contribution in [0.3, 0.4) is 0 Å². The highest BCUT2D eigenvalue weighted by molar-refractivity contribution is 7.12. The van der Waals surface area contributed by atoms with Gasteiger partial charge in [0.15, 0.2) is 0 Å². The van der Waals surface area contributed by atoms with Gasteiger partial charge in [-0.05, 0) is 6.07 Å². The second kappa shape index (κ2) is 2.39. The third kappa shape index (κ3) is 1.12. The van der Waals surface area contributed by atoms with Gasteiger partial charge in [0.1, 0.15) is 5.01 Å². The SMILES string of the molecule is O=c1ccc2nccsc-2n1. The van der Waals surface area contributed by atoms with E-state index in [0.717, 1.165) is 5.69 Å². The van der Waals surface area contributed by atoms with Crippen LogP contribution in [0.4, 0.5) is 0 Å². The van der Waals surface area contributed by atoms with E-state index >= 15 is 0 Å². The van der Waals surface area contributed by atoms with Gasteiger partial charge in [-0.2, -0.15) is 4.98 Å². The molecule has 0 fully saturated rings. The molecule has 0 atom stereocenters. The second-order valence-electron chi connectivity index (χ2n) is 2.01. The van der Waals surface area contributed by atoms with Gasteiger partial charge in [-0.15, -0.1) is 11.3 Å². The molecular weight excluding hydrogens is 160 g/mol. The summed E-state index contributed by atoms with van der Waals surface area (Å²) < 4.78 is 0. The van der Waals surface area contributed by atoms with Crippen LogP contribution in [0.1, 0.15) is 0 Å². The molecule has 4 heteroatoms. The summed E-state index contributed by atoms with van der Waals surface area (Å²) in [6.07, 6.45) is 1.69. The van der Waals surface area contributed by atoms with Gasteiger partial charge in [0, 0.05) is 17.6 Å². The lowest BCUT2D eigenvalue weighted by atomic mass is 10.4. The summed E-state index contributed by atoms with van der Waals surface area (Å²) in [5.41, 5.74) is 0.568. The van der Waals surface area contributed by atoms with Gasteiger partial charge in [0.05, 0.1) is 5.69 Å². The molecule has 2 aliphatic heterocycles. The van der Waals surface area contributed by atoms with Crippen LogP contribution >= 0.6 is 11.3 Å². The maximum Gasteiger partial charge on any atom is 0.271 e. The Morgan fingerprint density at radius 3 is 3.18 bits per heavy atom. The Bertz CT molecular complexity index is 398. The fraction of sp³-hybridized carbons (Fsp3) is 0. The Morgan fingerprint density at radius 2 is 2.27 bits per heavy atom.